The second kappa shape index (κ2) is 4.31. The zero-order chi connectivity index (χ0) is 8.10. The van der Waals surface area contributed by atoms with Crippen molar-refractivity contribution in [2.45, 2.75) is 0 Å². The molecule has 0 aliphatic rings. The first-order chi connectivity index (χ1) is 5.33. The predicted octanol–water partition coefficient (Wildman–Crippen LogP) is 1.25. The molecule has 0 aliphatic heterocycles. The van der Waals surface area contributed by atoms with Crippen LogP contribution < -0.4 is 5.32 Å². The van der Waals surface area contributed by atoms with Crippen LogP contribution in [0.1, 0.15) is 0 Å². The SMILES string of the molecule is OCCNc1ccc(Br)nc1. The maximum atomic E-state index is 8.49. The molecule has 0 fully saturated rings. The molecule has 1 rings (SSSR count). The first-order valence-corrected chi connectivity index (χ1v) is 4.08. The molecule has 0 bridgehead atoms. The number of halogens is 1. The Hall–Kier alpha value is -0.610. The van der Waals surface area contributed by atoms with Crippen LogP contribution in [-0.4, -0.2) is 23.2 Å². The molecule has 1 heterocycles. The van der Waals surface area contributed by atoms with Gasteiger partial charge in [0, 0.05) is 6.54 Å². The number of aliphatic hydroxyl groups is 1. The molecule has 0 atom stereocenters. The number of aliphatic hydroxyl groups excluding tert-OH is 1. The Labute approximate surface area is 73.6 Å². The third-order valence-electron chi connectivity index (χ3n) is 1.17. The Kier molecular flexibility index (Phi) is 3.32. The average Bonchev–Trinajstić information content (AvgIpc) is 2.04. The number of anilines is 1. The van der Waals surface area contributed by atoms with Crippen LogP contribution in [0, 0.1) is 0 Å². The molecule has 60 valence electrons. The monoisotopic (exact) mass is 216 g/mol. The van der Waals surface area contributed by atoms with E-state index in [1.54, 1.807) is 6.20 Å². The van der Waals surface area contributed by atoms with Crippen LogP contribution in [0.15, 0.2) is 22.9 Å². The Morgan fingerprint density at radius 2 is 2.36 bits per heavy atom. The van der Waals surface area contributed by atoms with Gasteiger partial charge in [-0.05, 0) is 28.1 Å². The first-order valence-electron chi connectivity index (χ1n) is 3.29. The van der Waals surface area contributed by atoms with Gasteiger partial charge < -0.3 is 10.4 Å². The van der Waals surface area contributed by atoms with E-state index in [4.69, 9.17) is 5.11 Å². The van der Waals surface area contributed by atoms with Crippen LogP contribution in [0.3, 0.4) is 0 Å². The van der Waals surface area contributed by atoms with Crippen molar-refractivity contribution in [1.82, 2.24) is 4.98 Å². The van der Waals surface area contributed by atoms with E-state index >= 15 is 0 Å². The summed E-state index contributed by atoms with van der Waals surface area (Å²) < 4.78 is 0.812. The van der Waals surface area contributed by atoms with E-state index in [0.717, 1.165) is 10.3 Å². The Morgan fingerprint density at radius 1 is 1.55 bits per heavy atom. The molecule has 11 heavy (non-hydrogen) atoms. The summed E-state index contributed by atoms with van der Waals surface area (Å²) in [5, 5.41) is 11.5. The predicted molar refractivity (Wildman–Crippen MR) is 47.5 cm³/mol. The van der Waals surface area contributed by atoms with Gasteiger partial charge in [-0.15, -0.1) is 0 Å². The average molecular weight is 217 g/mol. The summed E-state index contributed by atoms with van der Waals surface area (Å²) in [7, 11) is 0. The van der Waals surface area contributed by atoms with E-state index < -0.39 is 0 Å². The molecule has 0 saturated carbocycles. The third kappa shape index (κ3) is 2.86. The highest BCUT2D eigenvalue weighted by atomic mass is 79.9. The highest BCUT2D eigenvalue weighted by molar-refractivity contribution is 9.10. The van der Waals surface area contributed by atoms with Crippen molar-refractivity contribution >= 4 is 21.6 Å². The molecule has 1 aromatic rings. The molecule has 4 heteroatoms. The normalized spacial score (nSPS) is 9.64. The number of hydrogen-bond acceptors (Lipinski definition) is 3. The van der Waals surface area contributed by atoms with Crippen molar-refractivity contribution in [1.29, 1.82) is 0 Å². The van der Waals surface area contributed by atoms with Gasteiger partial charge in [0.25, 0.3) is 0 Å². The molecule has 0 aliphatic carbocycles. The lowest BCUT2D eigenvalue weighted by molar-refractivity contribution is 0.311. The third-order valence-corrected chi connectivity index (χ3v) is 1.64. The van der Waals surface area contributed by atoms with Gasteiger partial charge in [0.15, 0.2) is 0 Å². The van der Waals surface area contributed by atoms with Crippen molar-refractivity contribution in [3.8, 4) is 0 Å². The van der Waals surface area contributed by atoms with E-state index in [-0.39, 0.29) is 6.61 Å². The lowest BCUT2D eigenvalue weighted by atomic mass is 10.4. The van der Waals surface area contributed by atoms with Crippen molar-refractivity contribution in [3.63, 3.8) is 0 Å². The van der Waals surface area contributed by atoms with Gasteiger partial charge in [0.1, 0.15) is 4.60 Å². The van der Waals surface area contributed by atoms with Crippen molar-refractivity contribution in [2.75, 3.05) is 18.5 Å². The number of nitrogens with zero attached hydrogens (tertiary/aromatic N) is 1. The van der Waals surface area contributed by atoms with E-state index in [9.17, 15) is 0 Å². The molecule has 1 aromatic heterocycles. The fourth-order valence-corrected chi connectivity index (χ4v) is 0.915. The minimum atomic E-state index is 0.135. The van der Waals surface area contributed by atoms with E-state index in [2.05, 4.69) is 26.2 Å². The molecule has 0 unspecified atom stereocenters. The fourth-order valence-electron chi connectivity index (χ4n) is 0.681. The van der Waals surface area contributed by atoms with E-state index in [1.807, 2.05) is 12.1 Å². The summed E-state index contributed by atoms with van der Waals surface area (Å²) in [6.07, 6.45) is 1.71. The number of rotatable bonds is 3. The van der Waals surface area contributed by atoms with Gasteiger partial charge >= 0.3 is 0 Å². The molecular weight excluding hydrogens is 208 g/mol. The van der Waals surface area contributed by atoms with Gasteiger partial charge in [-0.3, -0.25) is 0 Å². The molecule has 0 amide bonds. The summed E-state index contributed by atoms with van der Waals surface area (Å²) in [5.74, 6) is 0. The maximum Gasteiger partial charge on any atom is 0.106 e. The lowest BCUT2D eigenvalue weighted by Gasteiger charge is -2.01. The number of hydrogen-bond donors (Lipinski definition) is 2. The van der Waals surface area contributed by atoms with Crippen LogP contribution in [0.2, 0.25) is 0 Å². The van der Waals surface area contributed by atoms with Crippen molar-refractivity contribution in [2.24, 2.45) is 0 Å². The highest BCUT2D eigenvalue weighted by Gasteiger charge is 1.90. The Balaban J connectivity index is 2.52. The van der Waals surface area contributed by atoms with Crippen LogP contribution in [-0.2, 0) is 0 Å². The van der Waals surface area contributed by atoms with Crippen LogP contribution in [0.5, 0.6) is 0 Å². The minimum Gasteiger partial charge on any atom is -0.395 e. The number of aromatic nitrogens is 1. The highest BCUT2D eigenvalue weighted by Crippen LogP contribution is 2.09. The largest absolute Gasteiger partial charge is 0.395 e. The molecular formula is C7H9BrN2O. The van der Waals surface area contributed by atoms with Gasteiger partial charge in [-0.25, -0.2) is 4.98 Å². The smallest absolute Gasteiger partial charge is 0.106 e. The topological polar surface area (TPSA) is 45.1 Å². The summed E-state index contributed by atoms with van der Waals surface area (Å²) in [5.41, 5.74) is 0.919. The maximum absolute atomic E-state index is 8.49. The molecule has 0 spiro atoms. The van der Waals surface area contributed by atoms with Gasteiger partial charge in [0.2, 0.25) is 0 Å². The summed E-state index contributed by atoms with van der Waals surface area (Å²) in [4.78, 5) is 4.00. The zero-order valence-electron chi connectivity index (χ0n) is 5.92. The second-order valence-corrected chi connectivity index (χ2v) is 2.83. The van der Waals surface area contributed by atoms with Crippen molar-refractivity contribution in [3.05, 3.63) is 22.9 Å². The molecule has 0 saturated heterocycles. The van der Waals surface area contributed by atoms with Crippen LogP contribution in [0.25, 0.3) is 0 Å². The number of pyridine rings is 1. The second-order valence-electron chi connectivity index (χ2n) is 2.02. The first kappa shape index (κ1) is 8.49. The molecule has 0 radical (unpaired) electrons. The zero-order valence-corrected chi connectivity index (χ0v) is 7.50. The lowest BCUT2D eigenvalue weighted by Crippen LogP contribution is -2.05. The Bertz CT molecular complexity index is 212. The van der Waals surface area contributed by atoms with Crippen LogP contribution in [0.4, 0.5) is 5.69 Å². The minimum absolute atomic E-state index is 0.135. The summed E-state index contributed by atoms with van der Waals surface area (Å²) in [6.45, 7) is 0.694. The van der Waals surface area contributed by atoms with Gasteiger partial charge in [-0.2, -0.15) is 0 Å². The number of nitrogens with one attached hydrogen (secondary N) is 1. The summed E-state index contributed by atoms with van der Waals surface area (Å²) >= 11 is 3.23. The summed E-state index contributed by atoms with van der Waals surface area (Å²) in [6, 6.07) is 3.74. The van der Waals surface area contributed by atoms with Crippen LogP contribution >= 0.6 is 15.9 Å². The van der Waals surface area contributed by atoms with Gasteiger partial charge in [-0.1, -0.05) is 0 Å². The fraction of sp³-hybridized carbons (Fsp3) is 0.286. The molecule has 2 N–H and O–H groups in total. The quantitative estimate of drug-likeness (QED) is 0.749. The molecule has 3 nitrogen and oxygen atoms in total. The Morgan fingerprint density at radius 3 is 2.91 bits per heavy atom. The standard InChI is InChI=1S/C7H9BrN2O/c8-7-2-1-6(5-10-7)9-3-4-11/h1-2,5,9,11H,3-4H2. The van der Waals surface area contributed by atoms with E-state index in [1.165, 1.54) is 0 Å². The van der Waals surface area contributed by atoms with Gasteiger partial charge in [0.05, 0.1) is 18.5 Å². The van der Waals surface area contributed by atoms with Crippen molar-refractivity contribution < 1.29 is 5.11 Å². The van der Waals surface area contributed by atoms with E-state index in [0.29, 0.717) is 6.54 Å². The molecule has 0 aromatic carbocycles.